The number of carbonyl (C=O) groups is 1. The summed E-state index contributed by atoms with van der Waals surface area (Å²) in [6, 6.07) is 7.55. The number of benzene rings is 1. The van der Waals surface area contributed by atoms with Crippen molar-refractivity contribution < 1.29 is 14.6 Å². The lowest BCUT2D eigenvalue weighted by molar-refractivity contribution is -0.139. The molecule has 0 aromatic heterocycles. The maximum absolute atomic E-state index is 13.2. The standard InChI is InChI=1S/C26H30N2O3/c1-17(2)24(26(30)31-13-7-12-28-5)25(21-11-10-20(16-27)15-19(21)4)22-14-18(3)8-6-9-23(22)29/h8-12,14-15,25,29H,6-7,13H2,1-5H3/t25-/m0/s1. The summed E-state index contributed by atoms with van der Waals surface area (Å²) >= 11 is 0. The molecule has 1 atom stereocenters. The molecule has 0 saturated heterocycles. The number of aliphatic imine (C=N–C) groups is 1. The molecule has 1 aromatic carbocycles. The summed E-state index contributed by atoms with van der Waals surface area (Å²) < 4.78 is 5.56. The fourth-order valence-electron chi connectivity index (χ4n) is 3.65. The SMILES string of the molecule is CN=CCCOC(=O)C(=C(C)C)[C@H](C1=CC(C)=CCC=C1O)c1ccc(C#N)cc1C. The Kier molecular flexibility index (Phi) is 8.57. The topological polar surface area (TPSA) is 82.7 Å². The van der Waals surface area contributed by atoms with E-state index in [0.29, 0.717) is 29.6 Å². The largest absolute Gasteiger partial charge is 0.508 e. The summed E-state index contributed by atoms with van der Waals surface area (Å²) in [6.07, 6.45) is 8.54. The van der Waals surface area contributed by atoms with Gasteiger partial charge in [-0.15, -0.1) is 0 Å². The molecule has 0 heterocycles. The van der Waals surface area contributed by atoms with Gasteiger partial charge in [0.25, 0.3) is 0 Å². The zero-order valence-corrected chi connectivity index (χ0v) is 18.9. The predicted octanol–water partition coefficient (Wildman–Crippen LogP) is 5.64. The summed E-state index contributed by atoms with van der Waals surface area (Å²) in [4.78, 5) is 17.1. The number of aliphatic hydroxyl groups excluding tert-OH is 1. The minimum absolute atomic E-state index is 0.145. The lowest BCUT2D eigenvalue weighted by Gasteiger charge is -2.26. The molecule has 1 aliphatic carbocycles. The van der Waals surface area contributed by atoms with Gasteiger partial charge in [0.1, 0.15) is 5.76 Å². The molecule has 1 N–H and O–H groups in total. The van der Waals surface area contributed by atoms with E-state index in [0.717, 1.165) is 22.3 Å². The van der Waals surface area contributed by atoms with Crippen molar-refractivity contribution in [3.05, 3.63) is 81.2 Å². The molecule has 0 unspecified atom stereocenters. The van der Waals surface area contributed by atoms with E-state index in [4.69, 9.17) is 4.74 Å². The van der Waals surface area contributed by atoms with Crippen LogP contribution in [0.4, 0.5) is 0 Å². The van der Waals surface area contributed by atoms with Crippen LogP contribution in [0.5, 0.6) is 0 Å². The summed E-state index contributed by atoms with van der Waals surface area (Å²) in [5.74, 6) is -0.799. The van der Waals surface area contributed by atoms with Gasteiger partial charge >= 0.3 is 5.97 Å². The molecule has 0 amide bonds. The monoisotopic (exact) mass is 418 g/mol. The van der Waals surface area contributed by atoms with Crippen molar-refractivity contribution in [2.24, 2.45) is 4.99 Å². The van der Waals surface area contributed by atoms with Gasteiger partial charge in [-0.25, -0.2) is 4.79 Å². The molecular weight excluding hydrogens is 388 g/mol. The highest BCUT2D eigenvalue weighted by molar-refractivity contribution is 5.92. The first kappa shape index (κ1) is 23.9. The molecule has 162 valence electrons. The average Bonchev–Trinajstić information content (AvgIpc) is 2.89. The molecule has 0 saturated carbocycles. The van der Waals surface area contributed by atoms with Gasteiger partial charge in [0.05, 0.1) is 18.2 Å². The van der Waals surface area contributed by atoms with E-state index in [9.17, 15) is 15.2 Å². The Hall–Kier alpha value is -3.39. The number of rotatable bonds is 7. The second kappa shape index (κ2) is 11.1. The van der Waals surface area contributed by atoms with Crippen LogP contribution >= 0.6 is 0 Å². The zero-order valence-electron chi connectivity index (χ0n) is 18.9. The Bertz CT molecular complexity index is 1030. The van der Waals surface area contributed by atoms with Gasteiger partial charge in [-0.1, -0.05) is 29.4 Å². The minimum Gasteiger partial charge on any atom is -0.508 e. The van der Waals surface area contributed by atoms with Gasteiger partial charge in [-0.2, -0.15) is 5.26 Å². The maximum atomic E-state index is 13.2. The van der Waals surface area contributed by atoms with Crippen molar-refractivity contribution in [2.75, 3.05) is 13.7 Å². The summed E-state index contributed by atoms with van der Waals surface area (Å²) in [7, 11) is 1.68. The van der Waals surface area contributed by atoms with E-state index in [2.05, 4.69) is 11.1 Å². The number of carbonyl (C=O) groups excluding carboxylic acids is 1. The van der Waals surface area contributed by atoms with Crippen LogP contribution in [0.15, 0.2) is 69.5 Å². The third-order valence-electron chi connectivity index (χ3n) is 5.16. The van der Waals surface area contributed by atoms with Crippen molar-refractivity contribution in [3.8, 4) is 6.07 Å². The van der Waals surface area contributed by atoms with E-state index in [1.165, 1.54) is 0 Å². The Labute approximate surface area is 184 Å². The Balaban J connectivity index is 2.66. The maximum Gasteiger partial charge on any atom is 0.334 e. The van der Waals surface area contributed by atoms with Crippen LogP contribution in [0, 0.1) is 18.3 Å². The van der Waals surface area contributed by atoms with Crippen molar-refractivity contribution in [1.82, 2.24) is 0 Å². The quantitative estimate of drug-likeness (QED) is 0.269. The van der Waals surface area contributed by atoms with Gasteiger partial charge in [0.15, 0.2) is 0 Å². The summed E-state index contributed by atoms with van der Waals surface area (Å²) in [6.45, 7) is 7.86. The van der Waals surface area contributed by atoms with Crippen molar-refractivity contribution in [3.63, 3.8) is 0 Å². The number of aliphatic hydroxyl groups is 1. The molecule has 0 radical (unpaired) electrons. The highest BCUT2D eigenvalue weighted by atomic mass is 16.5. The van der Waals surface area contributed by atoms with Crippen LogP contribution in [0.25, 0.3) is 0 Å². The van der Waals surface area contributed by atoms with Crippen LogP contribution in [-0.2, 0) is 9.53 Å². The third kappa shape index (κ3) is 6.05. The second-order valence-corrected chi connectivity index (χ2v) is 7.77. The van der Waals surface area contributed by atoms with Crippen LogP contribution in [0.1, 0.15) is 56.2 Å². The van der Waals surface area contributed by atoms with Crippen LogP contribution in [0.2, 0.25) is 0 Å². The van der Waals surface area contributed by atoms with E-state index in [1.807, 2.05) is 45.9 Å². The number of aryl methyl sites for hydroxylation is 1. The first-order valence-corrected chi connectivity index (χ1v) is 10.3. The third-order valence-corrected chi connectivity index (χ3v) is 5.16. The van der Waals surface area contributed by atoms with Crippen molar-refractivity contribution in [1.29, 1.82) is 5.26 Å². The molecule has 0 spiro atoms. The molecular formula is C26H30N2O3. The lowest BCUT2D eigenvalue weighted by Crippen LogP contribution is -2.20. The predicted molar refractivity (Wildman–Crippen MR) is 124 cm³/mol. The van der Waals surface area contributed by atoms with Crippen LogP contribution < -0.4 is 0 Å². The first-order valence-electron chi connectivity index (χ1n) is 10.3. The van der Waals surface area contributed by atoms with Gasteiger partial charge in [0.2, 0.25) is 0 Å². The fraction of sp³-hybridized carbons (Fsp3) is 0.346. The van der Waals surface area contributed by atoms with E-state index in [-0.39, 0.29) is 12.4 Å². The molecule has 5 heteroatoms. The van der Waals surface area contributed by atoms with E-state index in [1.54, 1.807) is 31.5 Å². The number of nitrogens with zero attached hydrogens (tertiary/aromatic N) is 2. The molecule has 0 fully saturated rings. The molecule has 0 bridgehead atoms. The second-order valence-electron chi connectivity index (χ2n) is 7.77. The van der Waals surface area contributed by atoms with Crippen LogP contribution in [-0.4, -0.2) is 30.9 Å². The number of nitriles is 1. The molecule has 1 aliphatic rings. The number of hydrogen-bond donors (Lipinski definition) is 1. The molecule has 2 rings (SSSR count). The Morgan fingerprint density at radius 3 is 2.68 bits per heavy atom. The van der Waals surface area contributed by atoms with Crippen LogP contribution in [0.3, 0.4) is 0 Å². The van der Waals surface area contributed by atoms with Gasteiger partial charge in [0, 0.05) is 36.7 Å². The lowest BCUT2D eigenvalue weighted by atomic mass is 9.79. The highest BCUT2D eigenvalue weighted by Crippen LogP contribution is 2.40. The molecule has 1 aromatic rings. The van der Waals surface area contributed by atoms with E-state index < -0.39 is 11.9 Å². The summed E-state index contributed by atoms with van der Waals surface area (Å²) in [5, 5.41) is 20.1. The molecule has 5 nitrogen and oxygen atoms in total. The highest BCUT2D eigenvalue weighted by Gasteiger charge is 2.31. The summed E-state index contributed by atoms with van der Waals surface area (Å²) in [5.41, 5.74) is 5.21. The van der Waals surface area contributed by atoms with Gasteiger partial charge in [-0.3, -0.25) is 0 Å². The van der Waals surface area contributed by atoms with Gasteiger partial charge < -0.3 is 14.8 Å². The normalized spacial score (nSPS) is 14.6. The number of ether oxygens (including phenoxy) is 1. The molecule has 0 aliphatic heterocycles. The van der Waals surface area contributed by atoms with Crippen molar-refractivity contribution >= 4 is 12.2 Å². The number of hydrogen-bond acceptors (Lipinski definition) is 5. The Morgan fingerprint density at radius 1 is 1.32 bits per heavy atom. The number of esters is 1. The smallest absolute Gasteiger partial charge is 0.334 e. The Morgan fingerprint density at radius 2 is 2.06 bits per heavy atom. The van der Waals surface area contributed by atoms with Gasteiger partial charge in [-0.05, 0) is 63.5 Å². The fourth-order valence-corrected chi connectivity index (χ4v) is 3.65. The molecule has 31 heavy (non-hydrogen) atoms. The minimum atomic E-state index is -0.525. The average molecular weight is 419 g/mol. The first-order chi connectivity index (χ1) is 14.8. The van der Waals surface area contributed by atoms with E-state index >= 15 is 0 Å². The zero-order chi connectivity index (χ0) is 23.0. The van der Waals surface area contributed by atoms with Crippen molar-refractivity contribution in [2.45, 2.75) is 46.5 Å². The number of allylic oxidation sites excluding steroid dienone is 6.